The summed E-state index contributed by atoms with van der Waals surface area (Å²) in [6.45, 7) is 14.8. The molecule has 6 heteroatoms. The number of carbonyl (C=O) groups is 1. The summed E-state index contributed by atoms with van der Waals surface area (Å²) in [5.41, 5.74) is -1.29. The van der Waals surface area contributed by atoms with E-state index in [-0.39, 0.29) is 11.7 Å². The highest BCUT2D eigenvalue weighted by molar-refractivity contribution is 6.04. The first kappa shape index (κ1) is 21.8. The minimum atomic E-state index is -1.20. The Morgan fingerprint density at radius 3 is 2.07 bits per heavy atom. The van der Waals surface area contributed by atoms with Crippen molar-refractivity contribution < 1.29 is 9.90 Å². The molecule has 1 atom stereocenters. The SMILES string of the molecule is Cc1c(NC(=O)c2ccccc2)nc(=O)n(C(C)(C)[C@](C)(O)C(C)(C)C)c1C. The van der Waals surface area contributed by atoms with Gasteiger partial charge in [-0.2, -0.15) is 4.98 Å². The number of nitrogens with zero attached hydrogens (tertiary/aromatic N) is 2. The maximum absolute atomic E-state index is 12.9. The Morgan fingerprint density at radius 2 is 1.57 bits per heavy atom. The normalized spacial score (nSPS) is 14.5. The molecule has 0 aliphatic heterocycles. The highest BCUT2D eigenvalue weighted by atomic mass is 16.3. The Hall–Kier alpha value is -2.47. The lowest BCUT2D eigenvalue weighted by Gasteiger charge is -2.50. The van der Waals surface area contributed by atoms with Crippen molar-refractivity contribution in [2.75, 3.05) is 5.32 Å². The molecule has 0 spiro atoms. The minimum Gasteiger partial charge on any atom is -0.387 e. The molecule has 0 bridgehead atoms. The van der Waals surface area contributed by atoms with E-state index in [1.807, 2.05) is 40.7 Å². The van der Waals surface area contributed by atoms with Crippen LogP contribution in [0.15, 0.2) is 35.1 Å². The Labute approximate surface area is 166 Å². The highest BCUT2D eigenvalue weighted by Gasteiger charge is 2.50. The van der Waals surface area contributed by atoms with Gasteiger partial charge in [0.2, 0.25) is 0 Å². The monoisotopic (exact) mass is 385 g/mol. The van der Waals surface area contributed by atoms with E-state index in [0.717, 1.165) is 0 Å². The van der Waals surface area contributed by atoms with E-state index in [0.29, 0.717) is 16.8 Å². The van der Waals surface area contributed by atoms with Crippen molar-refractivity contribution in [3.63, 3.8) is 0 Å². The molecule has 2 rings (SSSR count). The molecule has 0 fully saturated rings. The van der Waals surface area contributed by atoms with E-state index < -0.39 is 22.2 Å². The highest BCUT2D eigenvalue weighted by Crippen LogP contribution is 2.42. The fourth-order valence-corrected chi connectivity index (χ4v) is 3.40. The Bertz CT molecular complexity index is 936. The van der Waals surface area contributed by atoms with Crippen LogP contribution in [0.1, 0.15) is 63.2 Å². The summed E-state index contributed by atoms with van der Waals surface area (Å²) in [6, 6.07) is 8.77. The molecule has 2 aromatic rings. The predicted molar refractivity (Wildman–Crippen MR) is 112 cm³/mol. The lowest BCUT2D eigenvalue weighted by molar-refractivity contribution is -0.123. The van der Waals surface area contributed by atoms with Gasteiger partial charge in [0.15, 0.2) is 0 Å². The van der Waals surface area contributed by atoms with Crippen LogP contribution in [0.4, 0.5) is 5.82 Å². The summed E-state index contributed by atoms with van der Waals surface area (Å²) in [5, 5.41) is 14.0. The summed E-state index contributed by atoms with van der Waals surface area (Å²) >= 11 is 0. The zero-order valence-electron chi connectivity index (χ0n) is 18.0. The number of amides is 1. The fourth-order valence-electron chi connectivity index (χ4n) is 3.40. The lowest BCUT2D eigenvalue weighted by atomic mass is 9.67. The van der Waals surface area contributed by atoms with Crippen molar-refractivity contribution in [3.05, 3.63) is 57.6 Å². The Kier molecular flexibility index (Phi) is 5.59. The molecule has 1 heterocycles. The van der Waals surface area contributed by atoms with Gasteiger partial charge in [-0.1, -0.05) is 39.0 Å². The summed E-state index contributed by atoms with van der Waals surface area (Å²) in [7, 11) is 0. The molecule has 0 unspecified atom stereocenters. The van der Waals surface area contributed by atoms with Gasteiger partial charge in [-0.3, -0.25) is 9.36 Å². The van der Waals surface area contributed by atoms with Crippen LogP contribution in [0, 0.1) is 19.3 Å². The molecule has 2 N–H and O–H groups in total. The zero-order valence-corrected chi connectivity index (χ0v) is 18.0. The molecule has 6 nitrogen and oxygen atoms in total. The van der Waals surface area contributed by atoms with Crippen molar-refractivity contribution in [3.8, 4) is 0 Å². The maximum Gasteiger partial charge on any atom is 0.350 e. The van der Waals surface area contributed by atoms with Gasteiger partial charge in [-0.25, -0.2) is 4.79 Å². The number of hydrogen-bond acceptors (Lipinski definition) is 4. The fraction of sp³-hybridized carbons (Fsp3) is 0.500. The average molecular weight is 386 g/mol. The molecule has 0 aliphatic rings. The molecule has 0 saturated carbocycles. The van der Waals surface area contributed by atoms with Crippen LogP contribution in [0.3, 0.4) is 0 Å². The number of benzene rings is 1. The Balaban J connectivity index is 2.54. The molecule has 1 aromatic carbocycles. The van der Waals surface area contributed by atoms with Gasteiger partial charge in [0.25, 0.3) is 5.91 Å². The number of aromatic nitrogens is 2. The van der Waals surface area contributed by atoms with E-state index >= 15 is 0 Å². The number of rotatable bonds is 4. The number of anilines is 1. The molecular formula is C22H31N3O3. The van der Waals surface area contributed by atoms with Crippen LogP contribution >= 0.6 is 0 Å². The standard InChI is InChI=1S/C22H31N3O3/c1-14-15(2)25(21(6,7)22(8,28)20(3,4)5)19(27)24-17(14)23-18(26)16-12-10-9-11-13-16/h9-13,28H,1-8H3,(H,23,24,26,27)/t22-/m1/s1. The third-order valence-corrected chi connectivity index (χ3v) is 6.11. The minimum absolute atomic E-state index is 0.235. The maximum atomic E-state index is 12.9. The van der Waals surface area contributed by atoms with Gasteiger partial charge >= 0.3 is 5.69 Å². The van der Waals surface area contributed by atoms with E-state index in [1.54, 1.807) is 45.0 Å². The molecule has 1 aromatic heterocycles. The number of nitrogens with one attached hydrogen (secondary N) is 1. The van der Waals surface area contributed by atoms with E-state index in [2.05, 4.69) is 10.3 Å². The van der Waals surface area contributed by atoms with E-state index in [1.165, 1.54) is 4.57 Å². The van der Waals surface area contributed by atoms with Crippen molar-refractivity contribution in [1.29, 1.82) is 0 Å². The third kappa shape index (κ3) is 3.61. The zero-order chi connectivity index (χ0) is 21.5. The molecule has 152 valence electrons. The van der Waals surface area contributed by atoms with Gasteiger partial charge in [-0.05, 0) is 52.2 Å². The predicted octanol–water partition coefficient (Wildman–Crippen LogP) is 3.64. The van der Waals surface area contributed by atoms with E-state index in [4.69, 9.17) is 0 Å². The number of hydrogen-bond donors (Lipinski definition) is 2. The smallest absolute Gasteiger partial charge is 0.350 e. The quantitative estimate of drug-likeness (QED) is 0.841. The molecule has 0 saturated heterocycles. The molecule has 28 heavy (non-hydrogen) atoms. The molecule has 1 amide bonds. The second kappa shape index (κ2) is 7.17. The van der Waals surface area contributed by atoms with Crippen LogP contribution in [0.5, 0.6) is 0 Å². The van der Waals surface area contributed by atoms with Crippen LogP contribution in [0.25, 0.3) is 0 Å². The molecule has 0 radical (unpaired) electrons. The average Bonchev–Trinajstić information content (AvgIpc) is 2.58. The van der Waals surface area contributed by atoms with Crippen molar-refractivity contribution in [2.24, 2.45) is 5.41 Å². The van der Waals surface area contributed by atoms with Crippen LogP contribution in [-0.4, -0.2) is 26.2 Å². The van der Waals surface area contributed by atoms with Gasteiger partial charge in [0.05, 0.1) is 11.1 Å². The van der Waals surface area contributed by atoms with Crippen LogP contribution in [0.2, 0.25) is 0 Å². The first-order valence-electron chi connectivity index (χ1n) is 9.41. The third-order valence-electron chi connectivity index (χ3n) is 6.11. The van der Waals surface area contributed by atoms with Crippen molar-refractivity contribution >= 4 is 11.7 Å². The second-order valence-electron chi connectivity index (χ2n) is 8.99. The second-order valence-corrected chi connectivity index (χ2v) is 8.99. The first-order chi connectivity index (χ1) is 12.7. The topological polar surface area (TPSA) is 84.2 Å². The van der Waals surface area contributed by atoms with Gasteiger partial charge in [-0.15, -0.1) is 0 Å². The summed E-state index contributed by atoms with van der Waals surface area (Å²) < 4.78 is 1.52. The summed E-state index contributed by atoms with van der Waals surface area (Å²) in [4.78, 5) is 29.5. The van der Waals surface area contributed by atoms with Crippen molar-refractivity contribution in [1.82, 2.24) is 9.55 Å². The van der Waals surface area contributed by atoms with Crippen molar-refractivity contribution in [2.45, 2.75) is 66.5 Å². The molecular weight excluding hydrogens is 354 g/mol. The van der Waals surface area contributed by atoms with Crippen LogP contribution < -0.4 is 11.0 Å². The molecule has 0 aliphatic carbocycles. The lowest BCUT2D eigenvalue weighted by Crippen LogP contribution is -2.60. The number of carbonyl (C=O) groups excluding carboxylic acids is 1. The van der Waals surface area contributed by atoms with Gasteiger partial charge < -0.3 is 10.4 Å². The Morgan fingerprint density at radius 1 is 1.04 bits per heavy atom. The number of aliphatic hydroxyl groups is 1. The summed E-state index contributed by atoms with van der Waals surface area (Å²) in [6.07, 6.45) is 0. The van der Waals surface area contributed by atoms with Gasteiger partial charge in [0.1, 0.15) is 5.82 Å². The first-order valence-corrected chi connectivity index (χ1v) is 9.41. The van der Waals surface area contributed by atoms with Crippen LogP contribution in [-0.2, 0) is 5.54 Å². The van der Waals surface area contributed by atoms with E-state index in [9.17, 15) is 14.7 Å². The van der Waals surface area contributed by atoms with Gasteiger partial charge in [0, 0.05) is 16.8 Å². The summed E-state index contributed by atoms with van der Waals surface area (Å²) in [5.74, 6) is -0.0903. The largest absolute Gasteiger partial charge is 0.387 e.